The van der Waals surface area contributed by atoms with Crippen LogP contribution in [0.4, 0.5) is 17.3 Å². The second kappa shape index (κ2) is 5.80. The van der Waals surface area contributed by atoms with Crippen LogP contribution in [0.3, 0.4) is 0 Å². The summed E-state index contributed by atoms with van der Waals surface area (Å²) in [7, 11) is 0. The van der Waals surface area contributed by atoms with E-state index >= 15 is 0 Å². The van der Waals surface area contributed by atoms with Crippen molar-refractivity contribution in [3.63, 3.8) is 0 Å². The van der Waals surface area contributed by atoms with Gasteiger partial charge in [-0.2, -0.15) is 0 Å². The second-order valence-corrected chi connectivity index (χ2v) is 5.46. The Morgan fingerprint density at radius 1 is 1.43 bits per heavy atom. The third-order valence-corrected chi connectivity index (χ3v) is 3.98. The van der Waals surface area contributed by atoms with Gasteiger partial charge in [-0.1, -0.05) is 6.92 Å². The summed E-state index contributed by atoms with van der Waals surface area (Å²) >= 11 is 0. The molecule has 0 amide bonds. The van der Waals surface area contributed by atoms with Gasteiger partial charge in [0.05, 0.1) is 23.2 Å². The highest BCUT2D eigenvalue weighted by atomic mass is 16.6. The lowest BCUT2D eigenvalue weighted by Gasteiger charge is -2.20. The van der Waals surface area contributed by atoms with E-state index in [0.29, 0.717) is 6.54 Å². The Balaban J connectivity index is 1.82. The van der Waals surface area contributed by atoms with Crippen LogP contribution < -0.4 is 10.6 Å². The largest absolute Gasteiger partial charge is 0.373 e. The van der Waals surface area contributed by atoms with Gasteiger partial charge in [0.2, 0.25) is 11.6 Å². The smallest absolute Gasteiger partial charge is 0.353 e. The number of aromatic nitrogens is 2. The van der Waals surface area contributed by atoms with E-state index in [1.807, 2.05) is 6.92 Å². The van der Waals surface area contributed by atoms with Crippen molar-refractivity contribution in [2.45, 2.75) is 50.9 Å². The molecule has 1 aromatic heterocycles. The minimum atomic E-state index is -0.436. The van der Waals surface area contributed by atoms with Gasteiger partial charge in [0.25, 0.3) is 0 Å². The molecule has 0 saturated carbocycles. The first-order chi connectivity index (χ1) is 10.2. The van der Waals surface area contributed by atoms with Gasteiger partial charge in [0, 0.05) is 6.54 Å². The number of anilines is 2. The fourth-order valence-electron chi connectivity index (χ4n) is 3.00. The van der Waals surface area contributed by atoms with Crippen molar-refractivity contribution in [2.75, 3.05) is 17.2 Å². The van der Waals surface area contributed by atoms with Crippen molar-refractivity contribution < 1.29 is 9.66 Å². The van der Waals surface area contributed by atoms with E-state index in [0.717, 1.165) is 25.7 Å². The molecule has 2 aliphatic heterocycles. The quantitative estimate of drug-likeness (QED) is 0.610. The van der Waals surface area contributed by atoms with Crippen molar-refractivity contribution >= 4 is 17.3 Å². The van der Waals surface area contributed by atoms with Crippen molar-refractivity contribution in [1.29, 1.82) is 0 Å². The van der Waals surface area contributed by atoms with Crippen LogP contribution in [0.25, 0.3) is 0 Å². The molecule has 114 valence electrons. The van der Waals surface area contributed by atoms with Crippen LogP contribution in [-0.4, -0.2) is 39.7 Å². The number of hydrogen-bond acceptors (Lipinski definition) is 7. The van der Waals surface area contributed by atoms with Crippen LogP contribution in [0.1, 0.15) is 32.6 Å². The van der Waals surface area contributed by atoms with Crippen LogP contribution in [0.5, 0.6) is 0 Å². The molecule has 3 atom stereocenters. The summed E-state index contributed by atoms with van der Waals surface area (Å²) in [6, 6.07) is 0.0939. The molecule has 0 aromatic carbocycles. The highest BCUT2D eigenvalue weighted by Crippen LogP contribution is 2.37. The van der Waals surface area contributed by atoms with E-state index in [4.69, 9.17) is 4.74 Å². The van der Waals surface area contributed by atoms with Crippen molar-refractivity contribution in [3.05, 3.63) is 16.4 Å². The minimum absolute atomic E-state index is 0.0891. The fourth-order valence-corrected chi connectivity index (χ4v) is 3.00. The third kappa shape index (κ3) is 2.76. The lowest BCUT2D eigenvalue weighted by molar-refractivity contribution is -0.383. The third-order valence-electron chi connectivity index (χ3n) is 3.98. The Bertz CT molecular complexity index is 539. The van der Waals surface area contributed by atoms with Crippen LogP contribution in [0, 0.1) is 10.1 Å². The Hall–Kier alpha value is -1.96. The predicted molar refractivity (Wildman–Crippen MR) is 77.4 cm³/mol. The number of nitrogens with zero attached hydrogens (tertiary/aromatic N) is 3. The first kappa shape index (κ1) is 14.0. The van der Waals surface area contributed by atoms with Crippen LogP contribution in [-0.2, 0) is 4.74 Å². The normalized spacial score (nSPS) is 26.8. The molecule has 0 radical (unpaired) electrons. The van der Waals surface area contributed by atoms with E-state index in [1.54, 1.807) is 0 Å². The van der Waals surface area contributed by atoms with Gasteiger partial charge in [-0.3, -0.25) is 10.1 Å². The summed E-state index contributed by atoms with van der Waals surface area (Å²) in [4.78, 5) is 19.0. The van der Waals surface area contributed by atoms with Crippen LogP contribution >= 0.6 is 0 Å². The molecular formula is C13H19N5O3. The number of nitro groups is 1. The van der Waals surface area contributed by atoms with Crippen molar-refractivity contribution in [3.8, 4) is 0 Å². The van der Waals surface area contributed by atoms with E-state index in [-0.39, 0.29) is 35.6 Å². The molecule has 2 N–H and O–H groups in total. The summed E-state index contributed by atoms with van der Waals surface area (Å²) in [5.74, 6) is 0.540. The zero-order valence-corrected chi connectivity index (χ0v) is 11.9. The molecule has 2 bridgehead atoms. The van der Waals surface area contributed by atoms with Gasteiger partial charge in [-0.05, 0) is 25.7 Å². The second-order valence-electron chi connectivity index (χ2n) is 5.46. The SMILES string of the molecule is CCCNc1ncnc(NC2CC3CCC2O3)c1[N+](=O)[O-]. The number of nitrogens with one attached hydrogen (secondary N) is 2. The van der Waals surface area contributed by atoms with Gasteiger partial charge in [-0.25, -0.2) is 9.97 Å². The van der Waals surface area contributed by atoms with E-state index in [1.165, 1.54) is 6.33 Å². The molecule has 0 spiro atoms. The molecule has 3 rings (SSSR count). The summed E-state index contributed by atoms with van der Waals surface area (Å²) in [5, 5.41) is 17.5. The molecule has 0 aliphatic carbocycles. The molecule has 3 heterocycles. The minimum Gasteiger partial charge on any atom is -0.373 e. The summed E-state index contributed by atoms with van der Waals surface area (Å²) in [5.41, 5.74) is -0.0891. The molecule has 8 heteroatoms. The first-order valence-corrected chi connectivity index (χ1v) is 7.34. The van der Waals surface area contributed by atoms with Crippen LogP contribution in [0.15, 0.2) is 6.33 Å². The average molecular weight is 293 g/mol. The number of ether oxygens (including phenoxy) is 1. The maximum absolute atomic E-state index is 11.4. The molecule has 2 fully saturated rings. The average Bonchev–Trinajstić information content (AvgIpc) is 3.07. The Morgan fingerprint density at radius 2 is 2.24 bits per heavy atom. The topological polar surface area (TPSA) is 102 Å². The van der Waals surface area contributed by atoms with E-state index < -0.39 is 4.92 Å². The Kier molecular flexibility index (Phi) is 3.87. The summed E-state index contributed by atoms with van der Waals surface area (Å²) < 4.78 is 5.76. The molecule has 8 nitrogen and oxygen atoms in total. The molecule has 2 saturated heterocycles. The first-order valence-electron chi connectivity index (χ1n) is 7.34. The zero-order chi connectivity index (χ0) is 14.8. The highest BCUT2D eigenvalue weighted by molar-refractivity contribution is 5.69. The van der Waals surface area contributed by atoms with Gasteiger partial charge in [-0.15, -0.1) is 0 Å². The number of fused-ring (bicyclic) bond motifs is 2. The Labute approximate surface area is 122 Å². The lowest BCUT2D eigenvalue weighted by atomic mass is 9.95. The monoisotopic (exact) mass is 293 g/mol. The van der Waals surface area contributed by atoms with Gasteiger partial charge >= 0.3 is 5.69 Å². The molecule has 1 aromatic rings. The molecular weight excluding hydrogens is 274 g/mol. The Morgan fingerprint density at radius 3 is 2.86 bits per heavy atom. The van der Waals surface area contributed by atoms with Gasteiger partial charge in [0.1, 0.15) is 6.33 Å². The summed E-state index contributed by atoms with van der Waals surface area (Å²) in [6.07, 6.45) is 5.60. The molecule has 2 aliphatic rings. The maximum Gasteiger partial charge on any atom is 0.353 e. The zero-order valence-electron chi connectivity index (χ0n) is 11.9. The molecule has 21 heavy (non-hydrogen) atoms. The standard InChI is InChI=1S/C13H19N5O3/c1-2-5-14-12-11(18(19)20)13(16-7-15-12)17-9-6-8-3-4-10(9)21-8/h7-10H,2-6H2,1H3,(H2,14,15,16,17). The van der Waals surface area contributed by atoms with Crippen molar-refractivity contribution in [2.24, 2.45) is 0 Å². The maximum atomic E-state index is 11.4. The summed E-state index contributed by atoms with van der Waals surface area (Å²) in [6.45, 7) is 2.63. The van der Waals surface area contributed by atoms with Crippen molar-refractivity contribution in [1.82, 2.24) is 9.97 Å². The van der Waals surface area contributed by atoms with E-state index in [2.05, 4.69) is 20.6 Å². The highest BCUT2D eigenvalue weighted by Gasteiger charge is 2.41. The molecule has 3 unspecified atom stereocenters. The predicted octanol–water partition coefficient (Wildman–Crippen LogP) is 1.94. The van der Waals surface area contributed by atoms with Crippen LogP contribution in [0.2, 0.25) is 0 Å². The van der Waals surface area contributed by atoms with E-state index in [9.17, 15) is 10.1 Å². The number of hydrogen-bond donors (Lipinski definition) is 2. The number of rotatable bonds is 6. The lowest BCUT2D eigenvalue weighted by Crippen LogP contribution is -2.31. The van der Waals surface area contributed by atoms with Gasteiger partial charge < -0.3 is 15.4 Å². The fraction of sp³-hybridized carbons (Fsp3) is 0.692. The van der Waals surface area contributed by atoms with Gasteiger partial charge in [0.15, 0.2) is 0 Å².